The molecule has 4 nitrogen and oxygen atoms in total. The lowest BCUT2D eigenvalue weighted by Gasteiger charge is -2.07. The first-order chi connectivity index (χ1) is 9.45. The third-order valence-electron chi connectivity index (χ3n) is 2.75. The maximum absolute atomic E-state index is 13.3. The molecule has 0 aliphatic rings. The summed E-state index contributed by atoms with van der Waals surface area (Å²) in [5.74, 6) is -0.132. The molecule has 2 aromatic rings. The summed E-state index contributed by atoms with van der Waals surface area (Å²) >= 11 is 1.49. The van der Waals surface area contributed by atoms with Crippen LogP contribution in [-0.4, -0.2) is 4.92 Å². The quantitative estimate of drug-likeness (QED) is 0.401. The highest BCUT2D eigenvalue weighted by atomic mass is 32.2. The van der Waals surface area contributed by atoms with Gasteiger partial charge in [-0.2, -0.15) is 0 Å². The Balaban J connectivity index is 2.16. The van der Waals surface area contributed by atoms with Gasteiger partial charge in [0, 0.05) is 22.4 Å². The van der Waals surface area contributed by atoms with Crippen molar-refractivity contribution in [3.05, 3.63) is 63.5 Å². The van der Waals surface area contributed by atoms with Gasteiger partial charge in [0.15, 0.2) is 0 Å². The highest BCUT2D eigenvalue weighted by molar-refractivity contribution is 7.98. The first-order valence-corrected chi connectivity index (χ1v) is 6.87. The number of benzene rings is 2. The van der Waals surface area contributed by atoms with Gasteiger partial charge in [-0.3, -0.25) is 10.1 Å². The Bertz CT molecular complexity index is 662. The van der Waals surface area contributed by atoms with Crippen molar-refractivity contribution >= 4 is 23.1 Å². The molecule has 0 fully saturated rings. The lowest BCUT2D eigenvalue weighted by molar-refractivity contribution is -0.385. The molecule has 0 aliphatic heterocycles. The molecule has 20 heavy (non-hydrogen) atoms. The summed E-state index contributed by atoms with van der Waals surface area (Å²) in [6.45, 7) is 1.94. The van der Waals surface area contributed by atoms with Crippen LogP contribution < -0.4 is 5.73 Å². The largest absolute Gasteiger partial charge is 0.399 e. The summed E-state index contributed by atoms with van der Waals surface area (Å²) in [5.41, 5.74) is 7.75. The van der Waals surface area contributed by atoms with E-state index in [0.29, 0.717) is 17.0 Å². The van der Waals surface area contributed by atoms with Crippen LogP contribution in [0.1, 0.15) is 11.1 Å². The van der Waals surface area contributed by atoms with Crippen LogP contribution in [0.3, 0.4) is 0 Å². The van der Waals surface area contributed by atoms with E-state index in [1.807, 2.05) is 19.1 Å². The summed E-state index contributed by atoms with van der Waals surface area (Å²) in [6.07, 6.45) is 0. The van der Waals surface area contributed by atoms with Crippen LogP contribution in [-0.2, 0) is 5.75 Å². The standard InChI is InChI=1S/C14H13FN2O2S/c1-9-4-12(16)2-3-14(9)20-8-10-5-11(15)7-13(6-10)17(18)19/h2-7H,8,16H2,1H3. The third-order valence-corrected chi connectivity index (χ3v) is 3.99. The van der Waals surface area contributed by atoms with E-state index in [1.54, 1.807) is 6.07 Å². The van der Waals surface area contributed by atoms with Gasteiger partial charge in [0.2, 0.25) is 0 Å². The molecule has 0 saturated carbocycles. The molecule has 0 unspecified atom stereocenters. The highest BCUT2D eigenvalue weighted by Gasteiger charge is 2.10. The number of non-ortho nitro benzene ring substituents is 1. The number of hydrogen-bond donors (Lipinski definition) is 1. The fourth-order valence-electron chi connectivity index (χ4n) is 1.82. The van der Waals surface area contributed by atoms with E-state index < -0.39 is 10.7 Å². The Morgan fingerprint density at radius 2 is 2.05 bits per heavy atom. The summed E-state index contributed by atoms with van der Waals surface area (Å²) in [5, 5.41) is 10.7. The molecule has 0 atom stereocenters. The maximum Gasteiger partial charge on any atom is 0.272 e. The van der Waals surface area contributed by atoms with E-state index in [1.165, 1.54) is 23.9 Å². The van der Waals surface area contributed by atoms with Gasteiger partial charge in [-0.1, -0.05) is 0 Å². The van der Waals surface area contributed by atoms with Crippen LogP contribution in [0.2, 0.25) is 0 Å². The number of nitrogens with two attached hydrogens (primary N) is 1. The van der Waals surface area contributed by atoms with Crippen molar-refractivity contribution in [3.8, 4) is 0 Å². The van der Waals surface area contributed by atoms with Crippen LogP contribution in [0.5, 0.6) is 0 Å². The van der Waals surface area contributed by atoms with Gasteiger partial charge < -0.3 is 5.73 Å². The Morgan fingerprint density at radius 1 is 1.30 bits per heavy atom. The molecule has 0 amide bonds. The lowest BCUT2D eigenvalue weighted by atomic mass is 10.2. The minimum Gasteiger partial charge on any atom is -0.399 e. The first kappa shape index (κ1) is 14.3. The molecule has 0 aliphatic carbocycles. The summed E-state index contributed by atoms with van der Waals surface area (Å²) < 4.78 is 13.3. The predicted octanol–water partition coefficient (Wildman–Crippen LogP) is 3.92. The zero-order chi connectivity index (χ0) is 14.7. The van der Waals surface area contributed by atoms with Crippen LogP contribution >= 0.6 is 11.8 Å². The fourth-order valence-corrected chi connectivity index (χ4v) is 2.76. The number of thioether (sulfide) groups is 1. The summed E-state index contributed by atoms with van der Waals surface area (Å²) in [4.78, 5) is 11.1. The average molecular weight is 292 g/mol. The topological polar surface area (TPSA) is 69.2 Å². The van der Waals surface area contributed by atoms with E-state index in [-0.39, 0.29) is 5.69 Å². The van der Waals surface area contributed by atoms with E-state index in [2.05, 4.69) is 0 Å². The van der Waals surface area contributed by atoms with Gasteiger partial charge in [0.1, 0.15) is 5.82 Å². The van der Waals surface area contributed by atoms with Gasteiger partial charge in [-0.15, -0.1) is 11.8 Å². The molecule has 6 heteroatoms. The number of anilines is 1. The zero-order valence-corrected chi connectivity index (χ0v) is 11.6. The smallest absolute Gasteiger partial charge is 0.272 e. The zero-order valence-electron chi connectivity index (χ0n) is 10.8. The Labute approximate surface area is 119 Å². The second-order valence-corrected chi connectivity index (χ2v) is 5.41. The second-order valence-electron chi connectivity index (χ2n) is 4.39. The number of hydrogen-bond acceptors (Lipinski definition) is 4. The minimum atomic E-state index is -0.594. The van der Waals surface area contributed by atoms with Crippen LogP contribution in [0.15, 0.2) is 41.3 Å². The Hall–Kier alpha value is -2.08. The SMILES string of the molecule is Cc1cc(N)ccc1SCc1cc(F)cc([N+](=O)[O-])c1. The average Bonchev–Trinajstić information content (AvgIpc) is 2.37. The molecule has 0 aromatic heterocycles. The van der Waals surface area contributed by atoms with E-state index >= 15 is 0 Å². The monoisotopic (exact) mass is 292 g/mol. The molecule has 2 rings (SSSR count). The predicted molar refractivity (Wildman–Crippen MR) is 78.2 cm³/mol. The van der Waals surface area contributed by atoms with Crippen molar-refractivity contribution in [2.24, 2.45) is 0 Å². The molecular weight excluding hydrogens is 279 g/mol. The van der Waals surface area contributed by atoms with Crippen LogP contribution in [0.4, 0.5) is 15.8 Å². The highest BCUT2D eigenvalue weighted by Crippen LogP contribution is 2.28. The Kier molecular flexibility index (Phi) is 4.24. The van der Waals surface area contributed by atoms with Gasteiger partial charge >= 0.3 is 0 Å². The number of nitrogens with zero attached hydrogens (tertiary/aromatic N) is 1. The molecule has 104 valence electrons. The molecule has 0 bridgehead atoms. The number of nitro benzene ring substituents is 1. The molecule has 0 radical (unpaired) electrons. The number of aryl methyl sites for hydroxylation is 1. The molecular formula is C14H13FN2O2S. The van der Waals surface area contributed by atoms with Gasteiger partial charge in [0.05, 0.1) is 11.0 Å². The van der Waals surface area contributed by atoms with Gasteiger partial charge in [-0.25, -0.2) is 4.39 Å². The number of halogens is 1. The summed E-state index contributed by atoms with van der Waals surface area (Å²) in [6, 6.07) is 9.17. The lowest BCUT2D eigenvalue weighted by Crippen LogP contribution is -1.92. The van der Waals surface area contributed by atoms with Crippen molar-refractivity contribution in [3.63, 3.8) is 0 Å². The molecule has 0 spiro atoms. The Morgan fingerprint density at radius 3 is 2.70 bits per heavy atom. The van der Waals surface area contributed by atoms with Crippen molar-refractivity contribution < 1.29 is 9.31 Å². The molecule has 0 saturated heterocycles. The number of rotatable bonds is 4. The van der Waals surface area contributed by atoms with E-state index in [9.17, 15) is 14.5 Å². The second kappa shape index (κ2) is 5.92. The van der Waals surface area contributed by atoms with E-state index in [4.69, 9.17) is 5.73 Å². The van der Waals surface area contributed by atoms with Crippen molar-refractivity contribution in [1.29, 1.82) is 0 Å². The van der Waals surface area contributed by atoms with E-state index in [0.717, 1.165) is 16.5 Å². The van der Waals surface area contributed by atoms with Gasteiger partial charge in [0.25, 0.3) is 5.69 Å². The number of nitro groups is 1. The van der Waals surface area contributed by atoms with Crippen molar-refractivity contribution in [2.45, 2.75) is 17.6 Å². The molecule has 2 aromatic carbocycles. The fraction of sp³-hybridized carbons (Fsp3) is 0.143. The van der Waals surface area contributed by atoms with Gasteiger partial charge in [-0.05, 0) is 42.3 Å². The summed E-state index contributed by atoms with van der Waals surface area (Å²) in [7, 11) is 0. The van der Waals surface area contributed by atoms with Crippen molar-refractivity contribution in [1.82, 2.24) is 0 Å². The first-order valence-electron chi connectivity index (χ1n) is 5.88. The van der Waals surface area contributed by atoms with Crippen LogP contribution in [0.25, 0.3) is 0 Å². The van der Waals surface area contributed by atoms with Crippen molar-refractivity contribution in [2.75, 3.05) is 5.73 Å². The van der Waals surface area contributed by atoms with Crippen LogP contribution in [0, 0.1) is 22.9 Å². The minimum absolute atomic E-state index is 0.227. The number of nitrogen functional groups attached to an aromatic ring is 1. The normalized spacial score (nSPS) is 10.5. The molecule has 0 heterocycles. The molecule has 2 N–H and O–H groups in total. The maximum atomic E-state index is 13.3. The third kappa shape index (κ3) is 3.48.